The van der Waals surface area contributed by atoms with Crippen molar-refractivity contribution in [2.75, 3.05) is 13.2 Å². The summed E-state index contributed by atoms with van der Waals surface area (Å²) in [4.78, 5) is 13.4. The van der Waals surface area contributed by atoms with Gasteiger partial charge in [0.25, 0.3) is 0 Å². The maximum absolute atomic E-state index is 13.4. The summed E-state index contributed by atoms with van der Waals surface area (Å²) in [6.45, 7) is 0.825. The molecule has 0 bridgehead atoms. The summed E-state index contributed by atoms with van der Waals surface area (Å²) in [5, 5.41) is 17.2. The zero-order valence-electron chi connectivity index (χ0n) is 15.8. The van der Waals surface area contributed by atoms with E-state index >= 15 is 0 Å². The number of aromatic nitrogens is 3. The zero-order valence-corrected chi connectivity index (χ0v) is 15.8. The molecule has 0 radical (unpaired) electrons. The third-order valence-electron chi connectivity index (χ3n) is 5.57. The number of aliphatic hydroxyl groups is 1. The van der Waals surface area contributed by atoms with Crippen LogP contribution < -0.4 is 4.74 Å². The molecule has 2 aromatic carbocycles. The number of ether oxygens (including phenoxy) is 1. The zero-order chi connectivity index (χ0) is 19.8. The predicted molar refractivity (Wildman–Crippen MR) is 110 cm³/mol. The van der Waals surface area contributed by atoms with Crippen LogP contribution in [0.2, 0.25) is 0 Å². The van der Waals surface area contributed by atoms with Gasteiger partial charge in [-0.2, -0.15) is 5.10 Å². The van der Waals surface area contributed by atoms with Crippen molar-refractivity contribution in [3.63, 3.8) is 0 Å². The average molecular weight is 387 g/mol. The second kappa shape index (κ2) is 7.22. The molecule has 146 valence electrons. The maximum atomic E-state index is 13.4. The molecular weight excluding hydrogens is 366 g/mol. The molecular formula is C23H21N3O3. The molecule has 1 aliphatic rings. The smallest absolute Gasteiger partial charge is 0.171 e. The van der Waals surface area contributed by atoms with Crippen LogP contribution in [0.15, 0.2) is 61.1 Å². The standard InChI is InChI=1S/C23H21N3O3/c27-8-7-26-13-20(19-6-5-15(10-21(19)26)18-11-24-25-12-18)23(28)17-9-16-3-1-2-4-22(16)29-14-17/h1-6,10-13,17,27H,7-9,14H2,(H,24,25). The van der Waals surface area contributed by atoms with Crippen molar-refractivity contribution in [1.29, 1.82) is 0 Å². The molecule has 6 nitrogen and oxygen atoms in total. The van der Waals surface area contributed by atoms with E-state index in [1.807, 2.05) is 59.4 Å². The minimum absolute atomic E-state index is 0.00721. The Bertz CT molecular complexity index is 1180. The van der Waals surface area contributed by atoms with Crippen LogP contribution in [0.4, 0.5) is 0 Å². The number of rotatable bonds is 5. The summed E-state index contributed by atoms with van der Waals surface area (Å²) in [7, 11) is 0. The van der Waals surface area contributed by atoms with E-state index in [0.717, 1.165) is 33.3 Å². The maximum Gasteiger partial charge on any atom is 0.171 e. The Morgan fingerprint density at radius 1 is 1.24 bits per heavy atom. The SMILES string of the molecule is O=C(c1cn(CCO)c2cc(-c3cn[nH]c3)ccc12)C1COc2ccccc2C1. The number of carbonyl (C=O) groups excluding carboxylic acids is 1. The van der Waals surface area contributed by atoms with Crippen molar-refractivity contribution in [3.8, 4) is 16.9 Å². The van der Waals surface area contributed by atoms with Gasteiger partial charge in [0.15, 0.2) is 5.78 Å². The first-order valence-corrected chi connectivity index (χ1v) is 9.72. The lowest BCUT2D eigenvalue weighted by atomic mass is 9.89. The van der Waals surface area contributed by atoms with Gasteiger partial charge < -0.3 is 14.4 Å². The highest BCUT2D eigenvalue weighted by Crippen LogP contribution is 2.32. The van der Waals surface area contributed by atoms with Gasteiger partial charge in [-0.05, 0) is 29.7 Å². The molecule has 5 rings (SSSR count). The number of para-hydroxylation sites is 1. The van der Waals surface area contributed by atoms with Gasteiger partial charge in [0, 0.05) is 41.0 Å². The number of nitrogens with zero attached hydrogens (tertiary/aromatic N) is 2. The largest absolute Gasteiger partial charge is 0.493 e. The van der Waals surface area contributed by atoms with Crippen LogP contribution in [-0.2, 0) is 13.0 Å². The summed E-state index contributed by atoms with van der Waals surface area (Å²) in [5.74, 6) is 0.730. The number of aliphatic hydroxyl groups excluding tert-OH is 1. The van der Waals surface area contributed by atoms with Gasteiger partial charge in [0.1, 0.15) is 5.75 Å². The highest BCUT2D eigenvalue weighted by molar-refractivity contribution is 6.10. The fourth-order valence-corrected chi connectivity index (χ4v) is 4.09. The molecule has 0 spiro atoms. The monoisotopic (exact) mass is 387 g/mol. The molecule has 29 heavy (non-hydrogen) atoms. The Hall–Kier alpha value is -3.38. The third-order valence-corrected chi connectivity index (χ3v) is 5.57. The molecule has 2 aromatic heterocycles. The first-order valence-electron chi connectivity index (χ1n) is 9.72. The lowest BCUT2D eigenvalue weighted by Crippen LogP contribution is -2.28. The summed E-state index contributed by atoms with van der Waals surface area (Å²) < 4.78 is 7.78. The highest BCUT2D eigenvalue weighted by atomic mass is 16.5. The van der Waals surface area contributed by atoms with E-state index in [4.69, 9.17) is 4.74 Å². The number of nitrogens with one attached hydrogen (secondary N) is 1. The van der Waals surface area contributed by atoms with E-state index in [9.17, 15) is 9.90 Å². The van der Waals surface area contributed by atoms with Gasteiger partial charge in [0.05, 0.1) is 25.3 Å². The van der Waals surface area contributed by atoms with E-state index in [2.05, 4.69) is 10.2 Å². The number of hydrogen-bond acceptors (Lipinski definition) is 4. The quantitative estimate of drug-likeness (QED) is 0.514. The van der Waals surface area contributed by atoms with E-state index in [-0.39, 0.29) is 18.3 Å². The van der Waals surface area contributed by atoms with Crippen LogP contribution in [-0.4, -0.2) is 38.9 Å². The number of fused-ring (bicyclic) bond motifs is 2. The Kier molecular flexibility index (Phi) is 4.41. The number of Topliss-reactive ketones (excluding diaryl/α,β-unsaturated/α-hetero) is 1. The molecule has 0 amide bonds. The first kappa shape index (κ1) is 17.7. The molecule has 2 N–H and O–H groups in total. The van der Waals surface area contributed by atoms with Crippen LogP contribution >= 0.6 is 0 Å². The Morgan fingerprint density at radius 2 is 2.14 bits per heavy atom. The number of aromatic amines is 1. The molecule has 0 fully saturated rings. The fourth-order valence-electron chi connectivity index (χ4n) is 4.09. The van der Waals surface area contributed by atoms with E-state index < -0.39 is 0 Å². The molecule has 3 heterocycles. The van der Waals surface area contributed by atoms with Gasteiger partial charge in [-0.15, -0.1) is 0 Å². The number of hydrogen-bond donors (Lipinski definition) is 2. The fraction of sp³-hybridized carbons (Fsp3) is 0.217. The first-order chi connectivity index (χ1) is 14.2. The van der Waals surface area contributed by atoms with Crippen LogP contribution in [0.3, 0.4) is 0 Å². The van der Waals surface area contributed by atoms with Crippen molar-refractivity contribution >= 4 is 16.7 Å². The molecule has 1 aliphatic heterocycles. The van der Waals surface area contributed by atoms with Crippen LogP contribution in [0.5, 0.6) is 5.75 Å². The van der Waals surface area contributed by atoms with Crippen molar-refractivity contribution < 1.29 is 14.6 Å². The van der Waals surface area contributed by atoms with Crippen molar-refractivity contribution in [2.45, 2.75) is 13.0 Å². The van der Waals surface area contributed by atoms with Gasteiger partial charge in [-0.25, -0.2) is 0 Å². The van der Waals surface area contributed by atoms with Crippen molar-refractivity contribution in [2.24, 2.45) is 5.92 Å². The molecule has 1 unspecified atom stereocenters. The Morgan fingerprint density at radius 3 is 2.97 bits per heavy atom. The lowest BCUT2D eigenvalue weighted by molar-refractivity contribution is 0.0856. The van der Waals surface area contributed by atoms with E-state index in [0.29, 0.717) is 25.1 Å². The van der Waals surface area contributed by atoms with Gasteiger partial charge in [-0.3, -0.25) is 9.89 Å². The minimum Gasteiger partial charge on any atom is -0.493 e. The predicted octanol–water partition coefficient (Wildman–Crippen LogP) is 3.46. The average Bonchev–Trinajstić information content (AvgIpc) is 3.42. The molecule has 0 saturated carbocycles. The lowest BCUT2D eigenvalue weighted by Gasteiger charge is -2.24. The minimum atomic E-state index is -0.216. The molecule has 4 aromatic rings. The van der Waals surface area contributed by atoms with Crippen molar-refractivity contribution in [1.82, 2.24) is 14.8 Å². The number of carbonyl (C=O) groups is 1. The summed E-state index contributed by atoms with van der Waals surface area (Å²) in [6, 6.07) is 13.9. The van der Waals surface area contributed by atoms with Gasteiger partial charge in [0.2, 0.25) is 0 Å². The topological polar surface area (TPSA) is 80.1 Å². The summed E-state index contributed by atoms with van der Waals surface area (Å²) >= 11 is 0. The number of benzene rings is 2. The Balaban J connectivity index is 1.53. The second-order valence-electron chi connectivity index (χ2n) is 7.36. The molecule has 1 atom stereocenters. The molecule has 0 saturated heterocycles. The normalized spacial score (nSPS) is 15.8. The highest BCUT2D eigenvalue weighted by Gasteiger charge is 2.29. The van der Waals surface area contributed by atoms with Crippen molar-refractivity contribution in [3.05, 3.63) is 72.2 Å². The number of ketones is 1. The van der Waals surface area contributed by atoms with Crippen LogP contribution in [0.25, 0.3) is 22.0 Å². The summed E-state index contributed by atoms with van der Waals surface area (Å²) in [5.41, 5.74) is 4.67. The third kappa shape index (κ3) is 3.11. The number of H-pyrrole nitrogens is 1. The van der Waals surface area contributed by atoms with Gasteiger partial charge in [-0.1, -0.05) is 30.3 Å². The second-order valence-corrected chi connectivity index (χ2v) is 7.36. The van der Waals surface area contributed by atoms with Crippen LogP contribution in [0, 0.1) is 5.92 Å². The van der Waals surface area contributed by atoms with Gasteiger partial charge >= 0.3 is 0 Å². The van der Waals surface area contributed by atoms with E-state index in [1.165, 1.54) is 0 Å². The Labute approximate surface area is 167 Å². The molecule has 6 heteroatoms. The van der Waals surface area contributed by atoms with E-state index in [1.54, 1.807) is 6.20 Å². The summed E-state index contributed by atoms with van der Waals surface area (Å²) in [6.07, 6.45) is 6.14. The van der Waals surface area contributed by atoms with Crippen LogP contribution in [0.1, 0.15) is 15.9 Å². The molecule has 0 aliphatic carbocycles.